The second kappa shape index (κ2) is 15.5. The van der Waals surface area contributed by atoms with Crippen LogP contribution in [0.1, 0.15) is 75.9 Å². The number of carbonyl (C=O) groups excluding carboxylic acids is 4. The zero-order valence-electron chi connectivity index (χ0n) is 31.4. The van der Waals surface area contributed by atoms with Crippen molar-refractivity contribution in [2.45, 2.75) is 64.1 Å². The minimum absolute atomic E-state index is 0.0268. The van der Waals surface area contributed by atoms with E-state index in [9.17, 15) is 19.2 Å². The van der Waals surface area contributed by atoms with Crippen LogP contribution in [0.25, 0.3) is 33.5 Å². The molecule has 2 aromatic heterocycles. The third-order valence-corrected chi connectivity index (χ3v) is 11.1. The second-order valence-electron chi connectivity index (χ2n) is 15.0. The normalized spacial score (nSPS) is 16.9. The summed E-state index contributed by atoms with van der Waals surface area (Å²) in [6.45, 7) is 4.24. The number of nitrogens with zero attached hydrogens (tertiary/aromatic N) is 5. The molecule has 1 atom stereocenters. The molecule has 0 spiro atoms. The van der Waals surface area contributed by atoms with E-state index in [1.54, 1.807) is 23.9 Å². The molecular weight excluding hydrogens is 693 g/mol. The zero-order valence-corrected chi connectivity index (χ0v) is 31.4. The van der Waals surface area contributed by atoms with Crippen LogP contribution in [-0.4, -0.2) is 93.1 Å². The average molecular weight is 739 g/mol. The number of anilines is 1. The number of amides is 4. The minimum atomic E-state index is -0.606. The maximum absolute atomic E-state index is 13.1. The third-order valence-electron chi connectivity index (χ3n) is 11.1. The summed E-state index contributed by atoms with van der Waals surface area (Å²) in [5.41, 5.74) is 11.3. The minimum Gasteiger partial charge on any atom is -0.385 e. The largest absolute Gasteiger partial charge is 0.385 e. The number of nitrogens with one attached hydrogen (secondary N) is 3. The van der Waals surface area contributed by atoms with E-state index in [2.05, 4.69) is 43.7 Å². The van der Waals surface area contributed by atoms with E-state index in [-0.39, 0.29) is 30.0 Å². The van der Waals surface area contributed by atoms with Gasteiger partial charge in [0, 0.05) is 86.4 Å². The fraction of sp³-hybridized carbons (Fsp3) is 0.349. The maximum Gasteiger partial charge on any atom is 0.255 e. The Kier molecular flexibility index (Phi) is 10.2. The van der Waals surface area contributed by atoms with Crippen LogP contribution in [0, 0.1) is 0 Å². The molecule has 282 valence electrons. The van der Waals surface area contributed by atoms with Crippen LogP contribution in [0.3, 0.4) is 0 Å². The molecule has 4 amide bonds. The van der Waals surface area contributed by atoms with Crippen molar-refractivity contribution in [2.75, 3.05) is 39.0 Å². The van der Waals surface area contributed by atoms with Gasteiger partial charge in [0.15, 0.2) is 5.65 Å². The number of fused-ring (bicyclic) bond motifs is 3. The molecule has 0 saturated carbocycles. The van der Waals surface area contributed by atoms with E-state index in [0.29, 0.717) is 24.1 Å². The summed E-state index contributed by atoms with van der Waals surface area (Å²) in [6.07, 6.45) is 9.82. The van der Waals surface area contributed by atoms with Gasteiger partial charge in [0.1, 0.15) is 11.6 Å². The van der Waals surface area contributed by atoms with Crippen molar-refractivity contribution in [3.05, 3.63) is 101 Å². The second-order valence-corrected chi connectivity index (χ2v) is 15.0. The highest BCUT2D eigenvalue weighted by Gasteiger charge is 2.39. The number of carbonyl (C=O) groups is 4. The van der Waals surface area contributed by atoms with Gasteiger partial charge in [-0.15, -0.1) is 0 Å². The molecule has 0 bridgehead atoms. The lowest BCUT2D eigenvalue weighted by Crippen LogP contribution is -2.52. The van der Waals surface area contributed by atoms with E-state index < -0.39 is 6.04 Å². The van der Waals surface area contributed by atoms with Gasteiger partial charge in [-0.3, -0.25) is 29.4 Å². The van der Waals surface area contributed by atoms with E-state index in [1.807, 2.05) is 54.9 Å². The molecule has 0 aliphatic carbocycles. The molecule has 1 fully saturated rings. The van der Waals surface area contributed by atoms with Crippen molar-refractivity contribution in [1.82, 2.24) is 35.0 Å². The van der Waals surface area contributed by atoms with Crippen molar-refractivity contribution in [2.24, 2.45) is 0 Å². The Labute approximate surface area is 320 Å². The number of piperidine rings is 1. The van der Waals surface area contributed by atoms with E-state index >= 15 is 0 Å². The summed E-state index contributed by atoms with van der Waals surface area (Å²) < 4.78 is 0. The number of aromatic nitrogens is 3. The quantitative estimate of drug-likeness (QED) is 0.108. The van der Waals surface area contributed by atoms with Crippen LogP contribution in [0.4, 0.5) is 5.69 Å². The van der Waals surface area contributed by atoms with Crippen LogP contribution in [0.15, 0.2) is 73.1 Å². The topological polar surface area (TPSA) is 144 Å². The first-order chi connectivity index (χ1) is 26.7. The SMILES string of the molecule is CN(C)C(=O)c1ccc(-c2c[nH]c3ncc(-c4ccc5c(c4)CCN(CCCCCCNc4cccc6c4CN(C4CCC(=O)NC4=O)C6=O)C5)nc23)cc1. The van der Waals surface area contributed by atoms with Gasteiger partial charge in [0.2, 0.25) is 11.8 Å². The lowest BCUT2D eigenvalue weighted by molar-refractivity contribution is -0.136. The molecule has 12 heteroatoms. The summed E-state index contributed by atoms with van der Waals surface area (Å²) in [5, 5.41) is 5.91. The fourth-order valence-electron chi connectivity index (χ4n) is 8.05. The average Bonchev–Trinajstić information content (AvgIpc) is 3.78. The van der Waals surface area contributed by atoms with Crippen LogP contribution < -0.4 is 10.6 Å². The van der Waals surface area contributed by atoms with E-state index in [4.69, 9.17) is 4.98 Å². The van der Waals surface area contributed by atoms with Gasteiger partial charge >= 0.3 is 0 Å². The molecule has 12 nitrogen and oxygen atoms in total. The highest BCUT2D eigenvalue weighted by atomic mass is 16.2. The van der Waals surface area contributed by atoms with Crippen LogP contribution in [0.2, 0.25) is 0 Å². The summed E-state index contributed by atoms with van der Waals surface area (Å²) >= 11 is 0. The predicted octanol–water partition coefficient (Wildman–Crippen LogP) is 5.79. The Balaban J connectivity index is 0.804. The molecule has 3 aromatic carbocycles. The Morgan fingerprint density at radius 2 is 1.73 bits per heavy atom. The molecule has 3 aliphatic rings. The summed E-state index contributed by atoms with van der Waals surface area (Å²) in [5.74, 6) is -0.840. The van der Waals surface area contributed by atoms with Crippen molar-refractivity contribution in [3.63, 3.8) is 0 Å². The Hall–Kier alpha value is -5.88. The Bertz CT molecular complexity index is 2280. The number of hydrogen-bond donors (Lipinski definition) is 3. The number of aromatic amines is 1. The Morgan fingerprint density at radius 3 is 2.55 bits per heavy atom. The van der Waals surface area contributed by atoms with Crippen molar-refractivity contribution in [1.29, 1.82) is 0 Å². The van der Waals surface area contributed by atoms with Gasteiger partial charge < -0.3 is 20.1 Å². The lowest BCUT2D eigenvalue weighted by Gasteiger charge is -2.29. The van der Waals surface area contributed by atoms with Gasteiger partial charge in [-0.25, -0.2) is 9.97 Å². The monoisotopic (exact) mass is 738 g/mol. The van der Waals surface area contributed by atoms with Gasteiger partial charge in [-0.2, -0.15) is 0 Å². The number of imide groups is 1. The number of unbranched alkanes of at least 4 members (excludes halogenated alkanes) is 3. The predicted molar refractivity (Wildman–Crippen MR) is 211 cm³/mol. The van der Waals surface area contributed by atoms with E-state index in [0.717, 1.165) is 103 Å². The molecule has 1 saturated heterocycles. The van der Waals surface area contributed by atoms with Crippen LogP contribution in [-0.2, 0) is 29.1 Å². The first-order valence-corrected chi connectivity index (χ1v) is 19.2. The molecule has 1 unspecified atom stereocenters. The van der Waals surface area contributed by atoms with Crippen molar-refractivity contribution in [3.8, 4) is 22.4 Å². The highest BCUT2D eigenvalue weighted by Crippen LogP contribution is 2.33. The summed E-state index contributed by atoms with van der Waals surface area (Å²) in [6, 6.07) is 19.4. The Morgan fingerprint density at radius 1 is 0.909 bits per heavy atom. The smallest absolute Gasteiger partial charge is 0.255 e. The molecule has 8 rings (SSSR count). The first-order valence-electron chi connectivity index (χ1n) is 19.2. The molecule has 0 radical (unpaired) electrons. The highest BCUT2D eigenvalue weighted by molar-refractivity contribution is 6.06. The lowest BCUT2D eigenvalue weighted by atomic mass is 9.96. The third kappa shape index (κ3) is 7.46. The molecule has 5 heterocycles. The molecule has 55 heavy (non-hydrogen) atoms. The number of rotatable bonds is 12. The number of H-pyrrole nitrogens is 1. The van der Waals surface area contributed by atoms with Gasteiger partial charge in [-0.05, 0) is 79.3 Å². The van der Waals surface area contributed by atoms with Gasteiger partial charge in [0.05, 0.1) is 11.9 Å². The maximum atomic E-state index is 13.1. The van der Waals surface area contributed by atoms with E-state index in [1.165, 1.54) is 11.1 Å². The first kappa shape index (κ1) is 36.1. The summed E-state index contributed by atoms with van der Waals surface area (Å²) in [7, 11) is 3.50. The standard InChI is InChI=1S/C43H46N8O4/c1-49(2)42(54)28-12-10-27(11-13-28)33-23-45-40-39(33)47-36(24-46-40)30-14-15-31-25-50(21-18-29(31)22-30)20-6-4-3-5-19-44-35-9-7-8-32-34(35)26-51(43(32)55)37-16-17-38(52)48-41(37)53/h7-15,22-24,37,44H,3-6,16-21,25-26H2,1-2H3,(H,45,46)(H,48,52,53). The van der Waals surface area contributed by atoms with Gasteiger partial charge in [-0.1, -0.05) is 43.2 Å². The molecule has 5 aromatic rings. The van der Waals surface area contributed by atoms with Crippen molar-refractivity contribution < 1.29 is 19.2 Å². The van der Waals surface area contributed by atoms with Crippen LogP contribution in [0.5, 0.6) is 0 Å². The van der Waals surface area contributed by atoms with Crippen LogP contribution >= 0.6 is 0 Å². The van der Waals surface area contributed by atoms with Gasteiger partial charge in [0.25, 0.3) is 11.8 Å². The molecule has 3 N–H and O–H groups in total. The zero-order chi connectivity index (χ0) is 38.1. The molecular formula is C43H46N8O4. The molecule has 3 aliphatic heterocycles. The fourth-order valence-corrected chi connectivity index (χ4v) is 8.05. The van der Waals surface area contributed by atoms with Crippen molar-refractivity contribution >= 4 is 40.5 Å². The number of hydrogen-bond acceptors (Lipinski definition) is 8. The summed E-state index contributed by atoms with van der Waals surface area (Å²) in [4.78, 5) is 68.2. The number of benzene rings is 3.